The summed E-state index contributed by atoms with van der Waals surface area (Å²) in [4.78, 5) is 11.3. The number of aromatic nitrogens is 4. The molecule has 0 saturated carbocycles. The van der Waals surface area contributed by atoms with Gasteiger partial charge in [-0.1, -0.05) is 20.8 Å². The van der Waals surface area contributed by atoms with Crippen molar-refractivity contribution in [3.05, 3.63) is 36.4 Å². The summed E-state index contributed by atoms with van der Waals surface area (Å²) in [6.45, 7) is 8.39. The van der Waals surface area contributed by atoms with Gasteiger partial charge in [-0.25, -0.2) is 4.98 Å². The van der Waals surface area contributed by atoms with Crippen LogP contribution in [-0.2, 0) is 5.41 Å². The Bertz CT molecular complexity index is 612. The molecule has 0 bridgehead atoms. The normalized spacial score (nSPS) is 16.4. The predicted molar refractivity (Wildman–Crippen MR) is 91.6 cm³/mol. The molecule has 0 atom stereocenters. The monoisotopic (exact) mass is 312 g/mol. The van der Waals surface area contributed by atoms with Crippen LogP contribution < -0.4 is 10.2 Å². The molecule has 122 valence electrons. The molecule has 6 heteroatoms. The van der Waals surface area contributed by atoms with Gasteiger partial charge in [0, 0.05) is 30.7 Å². The lowest BCUT2D eigenvalue weighted by Crippen LogP contribution is -2.39. The summed E-state index contributed by atoms with van der Waals surface area (Å²) in [7, 11) is 0. The van der Waals surface area contributed by atoms with Crippen molar-refractivity contribution in [2.75, 3.05) is 23.3 Å². The third-order valence-corrected chi connectivity index (χ3v) is 4.15. The second-order valence-electron chi connectivity index (χ2n) is 7.02. The van der Waals surface area contributed by atoms with Crippen LogP contribution in [0.1, 0.15) is 39.3 Å². The van der Waals surface area contributed by atoms with Crippen LogP contribution in [0.15, 0.2) is 30.7 Å². The van der Waals surface area contributed by atoms with Gasteiger partial charge in [0.25, 0.3) is 0 Å². The molecule has 0 unspecified atom stereocenters. The summed E-state index contributed by atoms with van der Waals surface area (Å²) < 4.78 is 0. The standard InChI is InChI=1S/C17H24N6/c1-17(2,3)14-11-19-15(12-18-14)21-13-6-9-23(10-7-13)16-5-4-8-20-22-16/h4-5,8,11-13H,6-7,9-10H2,1-3H3,(H,19,21). The molecule has 1 N–H and O–H groups in total. The Balaban J connectivity index is 1.55. The minimum atomic E-state index is 0.0353. The van der Waals surface area contributed by atoms with Crippen LogP contribution in [0.5, 0.6) is 0 Å². The van der Waals surface area contributed by atoms with E-state index in [2.05, 4.69) is 51.2 Å². The number of nitrogens with one attached hydrogen (secondary N) is 1. The van der Waals surface area contributed by atoms with Crippen LogP contribution in [0.25, 0.3) is 0 Å². The maximum Gasteiger partial charge on any atom is 0.151 e. The fraction of sp³-hybridized carbons (Fsp3) is 0.529. The van der Waals surface area contributed by atoms with Crippen LogP contribution in [-0.4, -0.2) is 39.3 Å². The molecule has 1 saturated heterocycles. The molecule has 0 spiro atoms. The van der Waals surface area contributed by atoms with Crippen molar-refractivity contribution in [3.63, 3.8) is 0 Å². The molecule has 0 radical (unpaired) electrons. The molecule has 1 fully saturated rings. The van der Waals surface area contributed by atoms with Gasteiger partial charge in [-0.15, -0.1) is 5.10 Å². The van der Waals surface area contributed by atoms with Gasteiger partial charge in [0.15, 0.2) is 5.82 Å². The van der Waals surface area contributed by atoms with Crippen molar-refractivity contribution in [1.82, 2.24) is 20.2 Å². The number of anilines is 2. The maximum atomic E-state index is 4.52. The van der Waals surface area contributed by atoms with Crippen LogP contribution >= 0.6 is 0 Å². The summed E-state index contributed by atoms with van der Waals surface area (Å²) in [5, 5.41) is 11.6. The number of hydrogen-bond acceptors (Lipinski definition) is 6. The molecule has 0 aliphatic carbocycles. The lowest BCUT2D eigenvalue weighted by atomic mass is 9.93. The van der Waals surface area contributed by atoms with Gasteiger partial charge >= 0.3 is 0 Å². The van der Waals surface area contributed by atoms with E-state index in [9.17, 15) is 0 Å². The smallest absolute Gasteiger partial charge is 0.151 e. The van der Waals surface area contributed by atoms with Crippen molar-refractivity contribution >= 4 is 11.6 Å². The first-order valence-electron chi connectivity index (χ1n) is 8.14. The third-order valence-electron chi connectivity index (χ3n) is 4.15. The van der Waals surface area contributed by atoms with E-state index in [1.807, 2.05) is 24.5 Å². The molecule has 0 aromatic carbocycles. The Morgan fingerprint density at radius 2 is 1.91 bits per heavy atom. The molecule has 0 amide bonds. The van der Waals surface area contributed by atoms with E-state index in [-0.39, 0.29) is 5.41 Å². The maximum absolute atomic E-state index is 4.52. The average Bonchev–Trinajstić information content (AvgIpc) is 2.56. The first-order chi connectivity index (χ1) is 11.0. The predicted octanol–water partition coefficient (Wildman–Crippen LogP) is 2.65. The summed E-state index contributed by atoms with van der Waals surface area (Å²) in [6.07, 6.45) is 7.53. The molecule has 1 aliphatic rings. The molecule has 6 nitrogen and oxygen atoms in total. The van der Waals surface area contributed by atoms with Crippen molar-refractivity contribution in [2.45, 2.75) is 45.1 Å². The molecule has 2 aromatic rings. The highest BCUT2D eigenvalue weighted by molar-refractivity contribution is 5.38. The summed E-state index contributed by atoms with van der Waals surface area (Å²) in [5.41, 5.74) is 1.05. The zero-order valence-electron chi connectivity index (χ0n) is 14.0. The SMILES string of the molecule is CC(C)(C)c1cnc(NC2CCN(c3cccnn3)CC2)cn1. The van der Waals surface area contributed by atoms with Crippen molar-refractivity contribution < 1.29 is 0 Å². The largest absolute Gasteiger partial charge is 0.366 e. The van der Waals surface area contributed by atoms with Gasteiger partial charge in [-0.05, 0) is 25.0 Å². The average molecular weight is 312 g/mol. The minimum Gasteiger partial charge on any atom is -0.366 e. The van der Waals surface area contributed by atoms with Gasteiger partial charge in [0.05, 0.1) is 18.1 Å². The highest BCUT2D eigenvalue weighted by Crippen LogP contribution is 2.21. The first-order valence-corrected chi connectivity index (χ1v) is 8.14. The molecule has 23 heavy (non-hydrogen) atoms. The van der Waals surface area contributed by atoms with E-state index >= 15 is 0 Å². The molecular weight excluding hydrogens is 288 g/mol. The third kappa shape index (κ3) is 3.94. The Labute approximate surface area is 137 Å². The van der Waals surface area contributed by atoms with Crippen LogP contribution in [0.2, 0.25) is 0 Å². The van der Waals surface area contributed by atoms with E-state index in [0.29, 0.717) is 6.04 Å². The first kappa shape index (κ1) is 15.6. The Hall–Kier alpha value is -2.24. The quantitative estimate of drug-likeness (QED) is 0.940. The number of rotatable bonds is 3. The fourth-order valence-corrected chi connectivity index (χ4v) is 2.71. The molecule has 2 aromatic heterocycles. The zero-order chi connectivity index (χ0) is 16.3. The summed E-state index contributed by atoms with van der Waals surface area (Å²) >= 11 is 0. The Kier molecular flexibility index (Phi) is 4.41. The van der Waals surface area contributed by atoms with E-state index in [1.54, 1.807) is 6.20 Å². The van der Waals surface area contributed by atoms with Gasteiger partial charge in [0.1, 0.15) is 5.82 Å². The Morgan fingerprint density at radius 1 is 1.13 bits per heavy atom. The second kappa shape index (κ2) is 6.48. The fourth-order valence-electron chi connectivity index (χ4n) is 2.71. The van der Waals surface area contributed by atoms with Crippen molar-refractivity contribution in [3.8, 4) is 0 Å². The van der Waals surface area contributed by atoms with Crippen molar-refractivity contribution in [1.29, 1.82) is 0 Å². The molecular formula is C17H24N6. The van der Waals surface area contributed by atoms with E-state index in [0.717, 1.165) is 43.3 Å². The lowest BCUT2D eigenvalue weighted by molar-refractivity contribution is 0.520. The highest BCUT2D eigenvalue weighted by Gasteiger charge is 2.21. The van der Waals surface area contributed by atoms with E-state index < -0.39 is 0 Å². The lowest BCUT2D eigenvalue weighted by Gasteiger charge is -2.33. The second-order valence-corrected chi connectivity index (χ2v) is 7.02. The van der Waals surface area contributed by atoms with Gasteiger partial charge in [-0.3, -0.25) is 4.98 Å². The van der Waals surface area contributed by atoms with Gasteiger partial charge in [-0.2, -0.15) is 5.10 Å². The van der Waals surface area contributed by atoms with Crippen molar-refractivity contribution in [2.24, 2.45) is 0 Å². The summed E-state index contributed by atoms with van der Waals surface area (Å²) in [5.74, 6) is 1.82. The zero-order valence-corrected chi connectivity index (χ0v) is 14.0. The minimum absolute atomic E-state index is 0.0353. The number of hydrogen-bond donors (Lipinski definition) is 1. The van der Waals surface area contributed by atoms with E-state index in [1.165, 1.54) is 0 Å². The van der Waals surface area contributed by atoms with Crippen LogP contribution in [0, 0.1) is 0 Å². The van der Waals surface area contributed by atoms with Crippen LogP contribution in [0.3, 0.4) is 0 Å². The van der Waals surface area contributed by atoms with Crippen LogP contribution in [0.4, 0.5) is 11.6 Å². The summed E-state index contributed by atoms with van der Waals surface area (Å²) in [6, 6.07) is 4.37. The molecule has 3 rings (SSSR count). The Morgan fingerprint density at radius 3 is 2.48 bits per heavy atom. The molecule has 1 aliphatic heterocycles. The topological polar surface area (TPSA) is 66.8 Å². The number of nitrogens with zero attached hydrogens (tertiary/aromatic N) is 5. The van der Waals surface area contributed by atoms with Gasteiger partial charge < -0.3 is 10.2 Å². The van der Waals surface area contributed by atoms with E-state index in [4.69, 9.17) is 0 Å². The van der Waals surface area contributed by atoms with Gasteiger partial charge in [0.2, 0.25) is 0 Å². The number of piperidine rings is 1. The highest BCUT2D eigenvalue weighted by atomic mass is 15.3. The molecule has 3 heterocycles.